The van der Waals surface area contributed by atoms with Gasteiger partial charge in [0.2, 0.25) is 5.95 Å². The molecule has 2 aliphatic carbocycles. The summed E-state index contributed by atoms with van der Waals surface area (Å²) in [5.41, 5.74) is 0.551. The Kier molecular flexibility index (Phi) is 4.89. The molecule has 0 saturated heterocycles. The van der Waals surface area contributed by atoms with Crippen molar-refractivity contribution in [1.29, 1.82) is 0 Å². The molecule has 0 spiro atoms. The van der Waals surface area contributed by atoms with E-state index in [4.69, 9.17) is 4.74 Å². The number of ether oxygens (including phenoxy) is 1. The Morgan fingerprint density at radius 1 is 1.19 bits per heavy atom. The normalized spacial score (nSPS) is 22.5. The monoisotopic (exact) mass is 371 g/mol. The summed E-state index contributed by atoms with van der Waals surface area (Å²) in [7, 11) is 1.53. The molecule has 2 aromatic rings. The Morgan fingerprint density at radius 2 is 1.89 bits per heavy atom. The number of halogens is 1. The first-order chi connectivity index (χ1) is 13.1. The third kappa shape index (κ3) is 3.57. The zero-order chi connectivity index (χ0) is 19.0. The standard InChI is InChI=1S/C21H26FN3O2/c1-14-19(20(22)24(2)23-14)21(26)25(15-12-13-15)17-10-6-7-11-18(17)27-16-8-4-3-5-9-16/h3-5,8-9,15,17-18H,6-7,10-13H2,1-2H3. The summed E-state index contributed by atoms with van der Waals surface area (Å²) in [6, 6.07) is 9.90. The fraction of sp³-hybridized carbons (Fsp3) is 0.524. The van der Waals surface area contributed by atoms with Crippen LogP contribution in [-0.4, -0.2) is 38.8 Å². The van der Waals surface area contributed by atoms with Gasteiger partial charge in [-0.1, -0.05) is 24.6 Å². The maximum atomic E-state index is 14.5. The lowest BCUT2D eigenvalue weighted by Crippen LogP contribution is -2.52. The van der Waals surface area contributed by atoms with Crippen molar-refractivity contribution in [2.45, 2.75) is 63.6 Å². The largest absolute Gasteiger partial charge is 0.488 e. The highest BCUT2D eigenvalue weighted by Crippen LogP contribution is 2.37. The second-order valence-corrected chi connectivity index (χ2v) is 7.64. The van der Waals surface area contributed by atoms with E-state index in [9.17, 15) is 9.18 Å². The number of rotatable bonds is 5. The molecule has 1 amide bonds. The molecule has 2 aliphatic rings. The van der Waals surface area contributed by atoms with Gasteiger partial charge in [0.05, 0.1) is 11.7 Å². The van der Waals surface area contributed by atoms with Crippen LogP contribution in [-0.2, 0) is 7.05 Å². The first-order valence-electron chi connectivity index (χ1n) is 9.79. The highest BCUT2D eigenvalue weighted by atomic mass is 19.1. The number of nitrogens with zero attached hydrogens (tertiary/aromatic N) is 3. The third-order valence-electron chi connectivity index (χ3n) is 5.60. The van der Waals surface area contributed by atoms with Crippen molar-refractivity contribution in [3.05, 3.63) is 47.5 Å². The minimum absolute atomic E-state index is 0.0297. The first kappa shape index (κ1) is 18.0. The summed E-state index contributed by atoms with van der Waals surface area (Å²) >= 11 is 0. The fourth-order valence-corrected chi connectivity index (χ4v) is 4.15. The number of amides is 1. The summed E-state index contributed by atoms with van der Waals surface area (Å²) in [5.74, 6) is 0.0231. The van der Waals surface area contributed by atoms with E-state index in [1.165, 1.54) is 7.05 Å². The molecule has 6 heteroatoms. The van der Waals surface area contributed by atoms with Crippen LogP contribution in [0.3, 0.4) is 0 Å². The molecule has 4 rings (SSSR count). The van der Waals surface area contributed by atoms with E-state index < -0.39 is 5.95 Å². The first-order valence-corrected chi connectivity index (χ1v) is 9.79. The van der Waals surface area contributed by atoms with Crippen molar-refractivity contribution in [2.75, 3.05) is 0 Å². The van der Waals surface area contributed by atoms with E-state index in [-0.39, 0.29) is 29.7 Å². The Morgan fingerprint density at radius 3 is 2.52 bits per heavy atom. The zero-order valence-corrected chi connectivity index (χ0v) is 15.9. The summed E-state index contributed by atoms with van der Waals surface area (Å²) in [6.45, 7) is 1.69. The number of para-hydroxylation sites is 1. The number of aromatic nitrogens is 2. The average molecular weight is 371 g/mol. The molecule has 144 valence electrons. The van der Waals surface area contributed by atoms with Gasteiger partial charge in [0.1, 0.15) is 17.4 Å². The Balaban J connectivity index is 1.62. The van der Waals surface area contributed by atoms with Gasteiger partial charge in [-0.25, -0.2) is 4.68 Å². The smallest absolute Gasteiger partial charge is 0.261 e. The highest BCUT2D eigenvalue weighted by Gasteiger charge is 2.44. The number of aryl methyl sites for hydroxylation is 2. The van der Waals surface area contributed by atoms with Gasteiger partial charge in [-0.2, -0.15) is 9.49 Å². The fourth-order valence-electron chi connectivity index (χ4n) is 4.15. The molecule has 1 aromatic heterocycles. The SMILES string of the molecule is Cc1nn(C)c(F)c1C(=O)N(C1CC1)C1CCCCC1Oc1ccccc1. The summed E-state index contributed by atoms with van der Waals surface area (Å²) in [4.78, 5) is 15.3. The van der Waals surface area contributed by atoms with Crippen LogP contribution in [0.2, 0.25) is 0 Å². The third-order valence-corrected chi connectivity index (χ3v) is 5.60. The molecule has 2 atom stereocenters. The maximum Gasteiger partial charge on any atom is 0.261 e. The van der Waals surface area contributed by atoms with E-state index in [1.54, 1.807) is 6.92 Å². The number of hydrogen-bond acceptors (Lipinski definition) is 3. The molecule has 0 radical (unpaired) electrons. The van der Waals surface area contributed by atoms with Crippen molar-refractivity contribution in [3.8, 4) is 5.75 Å². The molecule has 27 heavy (non-hydrogen) atoms. The molecule has 0 N–H and O–H groups in total. The van der Waals surface area contributed by atoms with E-state index in [0.29, 0.717) is 5.69 Å². The molecular formula is C21H26FN3O2. The average Bonchev–Trinajstić information content (AvgIpc) is 3.45. The van der Waals surface area contributed by atoms with Gasteiger partial charge in [-0.15, -0.1) is 0 Å². The Labute approximate surface area is 159 Å². The maximum absolute atomic E-state index is 14.5. The molecular weight excluding hydrogens is 345 g/mol. The van der Waals surface area contributed by atoms with Crippen LogP contribution < -0.4 is 4.74 Å². The minimum Gasteiger partial charge on any atom is -0.488 e. The second kappa shape index (κ2) is 7.33. The number of carbonyl (C=O) groups is 1. The van der Waals surface area contributed by atoms with Crippen molar-refractivity contribution < 1.29 is 13.9 Å². The highest BCUT2D eigenvalue weighted by molar-refractivity contribution is 5.96. The topological polar surface area (TPSA) is 47.4 Å². The summed E-state index contributed by atoms with van der Waals surface area (Å²) in [6.07, 6.45) is 5.82. The van der Waals surface area contributed by atoms with Crippen LogP contribution in [0, 0.1) is 12.9 Å². The van der Waals surface area contributed by atoms with Crippen LogP contribution in [0.1, 0.15) is 54.6 Å². The van der Waals surface area contributed by atoms with Gasteiger partial charge in [0.25, 0.3) is 5.91 Å². The van der Waals surface area contributed by atoms with E-state index >= 15 is 0 Å². The summed E-state index contributed by atoms with van der Waals surface area (Å²) < 4.78 is 22.0. The van der Waals surface area contributed by atoms with Crippen LogP contribution in [0.5, 0.6) is 5.75 Å². The van der Waals surface area contributed by atoms with E-state index in [1.807, 2.05) is 35.2 Å². The van der Waals surface area contributed by atoms with Gasteiger partial charge in [0, 0.05) is 13.1 Å². The number of hydrogen-bond donors (Lipinski definition) is 0. The molecule has 2 unspecified atom stereocenters. The van der Waals surface area contributed by atoms with E-state index in [0.717, 1.165) is 49.0 Å². The van der Waals surface area contributed by atoms with Gasteiger partial charge < -0.3 is 9.64 Å². The van der Waals surface area contributed by atoms with Crippen molar-refractivity contribution in [2.24, 2.45) is 7.05 Å². The van der Waals surface area contributed by atoms with Gasteiger partial charge >= 0.3 is 0 Å². The molecule has 0 bridgehead atoms. The van der Waals surface area contributed by atoms with Gasteiger partial charge in [-0.05, 0) is 51.2 Å². The Bertz CT molecular complexity index is 816. The molecule has 5 nitrogen and oxygen atoms in total. The van der Waals surface area contributed by atoms with E-state index in [2.05, 4.69) is 5.10 Å². The van der Waals surface area contributed by atoms with Crippen LogP contribution in [0.25, 0.3) is 0 Å². The van der Waals surface area contributed by atoms with Crippen LogP contribution >= 0.6 is 0 Å². The zero-order valence-electron chi connectivity index (χ0n) is 15.9. The predicted molar refractivity (Wildman–Crippen MR) is 100 cm³/mol. The molecule has 2 fully saturated rings. The molecule has 0 aliphatic heterocycles. The van der Waals surface area contributed by atoms with Crippen molar-refractivity contribution >= 4 is 5.91 Å². The molecule has 2 saturated carbocycles. The van der Waals surface area contributed by atoms with Crippen LogP contribution in [0.4, 0.5) is 4.39 Å². The van der Waals surface area contributed by atoms with Crippen molar-refractivity contribution in [1.82, 2.24) is 14.7 Å². The lowest BCUT2D eigenvalue weighted by atomic mass is 9.90. The summed E-state index contributed by atoms with van der Waals surface area (Å²) in [5, 5.41) is 4.09. The Hall–Kier alpha value is -2.37. The number of carbonyl (C=O) groups excluding carboxylic acids is 1. The quantitative estimate of drug-likeness (QED) is 0.802. The predicted octanol–water partition coefficient (Wildman–Crippen LogP) is 3.86. The van der Waals surface area contributed by atoms with Gasteiger partial charge in [0.15, 0.2) is 0 Å². The number of benzene rings is 1. The second-order valence-electron chi connectivity index (χ2n) is 7.64. The van der Waals surface area contributed by atoms with Crippen molar-refractivity contribution in [3.63, 3.8) is 0 Å². The van der Waals surface area contributed by atoms with Gasteiger partial charge in [-0.3, -0.25) is 4.79 Å². The molecule has 1 heterocycles. The molecule has 1 aromatic carbocycles. The lowest BCUT2D eigenvalue weighted by molar-refractivity contribution is 0.0248. The van der Waals surface area contributed by atoms with Crippen LogP contribution in [0.15, 0.2) is 30.3 Å². The lowest BCUT2D eigenvalue weighted by Gasteiger charge is -2.40. The minimum atomic E-state index is -0.556.